The van der Waals surface area contributed by atoms with Crippen LogP contribution in [-0.4, -0.2) is 63.0 Å². The van der Waals surface area contributed by atoms with Gasteiger partial charge in [0.2, 0.25) is 5.91 Å². The van der Waals surface area contributed by atoms with Gasteiger partial charge in [0.05, 0.1) is 6.54 Å². The molecule has 0 aromatic carbocycles. The minimum Gasteiger partial charge on any atom is -0.386 e. The fraction of sp³-hybridized carbons (Fsp3) is 0.500. The highest BCUT2D eigenvalue weighted by molar-refractivity contribution is 5.75. The molecule has 1 saturated heterocycles. The summed E-state index contributed by atoms with van der Waals surface area (Å²) in [4.78, 5) is 20.4. The number of β-amino-alcohol motifs (C(OH)–C–C–N with tert-alkyl or cyclic N) is 1. The zero-order chi connectivity index (χ0) is 17.9. The lowest BCUT2D eigenvalue weighted by atomic mass is 10.0. The fourth-order valence-corrected chi connectivity index (χ4v) is 3.28. The Morgan fingerprint density at radius 1 is 1.36 bits per heavy atom. The molecule has 0 spiro atoms. The minimum absolute atomic E-state index is 0.0135. The summed E-state index contributed by atoms with van der Waals surface area (Å²) in [6.45, 7) is 4.07. The number of rotatable bonds is 6. The topological polar surface area (TPSA) is 74.5 Å². The lowest BCUT2D eigenvalue weighted by Gasteiger charge is -2.29. The van der Waals surface area contributed by atoms with Gasteiger partial charge >= 0.3 is 0 Å². The van der Waals surface area contributed by atoms with E-state index in [-0.39, 0.29) is 5.91 Å². The number of aromatic nitrogens is 3. The van der Waals surface area contributed by atoms with E-state index in [1.807, 2.05) is 35.9 Å². The highest BCUT2D eigenvalue weighted by Crippen LogP contribution is 2.26. The van der Waals surface area contributed by atoms with Crippen LogP contribution in [0, 0.1) is 6.92 Å². The third kappa shape index (κ3) is 4.17. The van der Waals surface area contributed by atoms with Gasteiger partial charge in [0.15, 0.2) is 0 Å². The lowest BCUT2D eigenvalue weighted by molar-refractivity contribution is -0.133. The number of amides is 1. The number of carbonyl (C=O) groups excluding carboxylic acids is 1. The maximum Gasteiger partial charge on any atom is 0.224 e. The van der Waals surface area contributed by atoms with Gasteiger partial charge < -0.3 is 14.9 Å². The highest BCUT2D eigenvalue weighted by atomic mass is 16.3. The molecule has 7 heteroatoms. The predicted octanol–water partition coefficient (Wildman–Crippen LogP) is 1.08. The summed E-state index contributed by atoms with van der Waals surface area (Å²) in [5.41, 5.74) is 0.139. The zero-order valence-corrected chi connectivity index (χ0v) is 14.8. The van der Waals surface area contributed by atoms with Crippen molar-refractivity contribution in [3.8, 4) is 0 Å². The molecule has 1 amide bonds. The van der Waals surface area contributed by atoms with Crippen LogP contribution in [0.5, 0.6) is 0 Å². The third-order valence-corrected chi connectivity index (χ3v) is 4.73. The summed E-state index contributed by atoms with van der Waals surface area (Å²) in [6, 6.07) is 7.67. The summed E-state index contributed by atoms with van der Waals surface area (Å²) in [5, 5.41) is 15.0. The lowest BCUT2D eigenvalue weighted by Crippen LogP contribution is -2.46. The van der Waals surface area contributed by atoms with Crippen molar-refractivity contribution < 1.29 is 9.90 Å². The Labute approximate surface area is 147 Å². The average Bonchev–Trinajstić information content (AvgIpc) is 3.19. The Morgan fingerprint density at radius 2 is 2.20 bits per heavy atom. The molecular formula is C18H25N5O2. The Kier molecular flexibility index (Phi) is 5.03. The number of anilines is 1. The van der Waals surface area contributed by atoms with E-state index in [0.29, 0.717) is 32.5 Å². The van der Waals surface area contributed by atoms with E-state index in [9.17, 15) is 9.90 Å². The molecule has 0 radical (unpaired) electrons. The van der Waals surface area contributed by atoms with Gasteiger partial charge in [0, 0.05) is 51.2 Å². The molecule has 134 valence electrons. The van der Waals surface area contributed by atoms with Gasteiger partial charge in [-0.05, 0) is 31.5 Å². The van der Waals surface area contributed by atoms with E-state index in [2.05, 4.69) is 15.0 Å². The van der Waals surface area contributed by atoms with E-state index in [1.54, 1.807) is 24.3 Å². The maximum absolute atomic E-state index is 12.4. The number of aryl methyl sites for hydroxylation is 2. The molecule has 2 aromatic rings. The Bertz CT molecular complexity index is 717. The molecule has 3 rings (SSSR count). The first-order chi connectivity index (χ1) is 12.0. The van der Waals surface area contributed by atoms with Crippen molar-refractivity contribution in [2.75, 3.05) is 31.6 Å². The van der Waals surface area contributed by atoms with E-state index in [0.717, 1.165) is 18.1 Å². The second-order valence-corrected chi connectivity index (χ2v) is 6.78. The smallest absolute Gasteiger partial charge is 0.224 e. The second kappa shape index (κ2) is 7.23. The molecule has 7 nitrogen and oxygen atoms in total. The molecule has 25 heavy (non-hydrogen) atoms. The van der Waals surface area contributed by atoms with Crippen LogP contribution in [0.2, 0.25) is 0 Å². The monoisotopic (exact) mass is 343 g/mol. The molecule has 1 N–H and O–H groups in total. The van der Waals surface area contributed by atoms with Crippen molar-refractivity contribution >= 4 is 11.7 Å². The van der Waals surface area contributed by atoms with E-state index >= 15 is 0 Å². The SMILES string of the molecule is Cc1ccnn1CCC(=O)N(C)C[C@]1(O)CCN(c2ccccn2)C1. The first-order valence-corrected chi connectivity index (χ1v) is 8.58. The summed E-state index contributed by atoms with van der Waals surface area (Å²) in [5.74, 6) is 0.876. The Morgan fingerprint density at radius 3 is 2.88 bits per heavy atom. The third-order valence-electron chi connectivity index (χ3n) is 4.73. The molecule has 0 bridgehead atoms. The summed E-state index contributed by atoms with van der Waals surface area (Å²) in [7, 11) is 1.75. The van der Waals surface area contributed by atoms with Gasteiger partial charge in [-0.3, -0.25) is 9.48 Å². The quantitative estimate of drug-likeness (QED) is 0.849. The first-order valence-electron chi connectivity index (χ1n) is 8.58. The molecule has 0 saturated carbocycles. The van der Waals surface area contributed by atoms with Gasteiger partial charge in [-0.1, -0.05) is 6.07 Å². The standard InChI is InChI=1S/C18H25N5O2/c1-15-6-10-20-23(15)11-7-17(24)21(2)13-18(25)8-12-22(14-18)16-5-3-4-9-19-16/h3-6,9-10,25H,7-8,11-14H2,1-2H3/t18-/m1/s1. The van der Waals surface area contributed by atoms with E-state index in [1.165, 1.54) is 0 Å². The zero-order valence-electron chi connectivity index (χ0n) is 14.8. The predicted molar refractivity (Wildman–Crippen MR) is 95.2 cm³/mol. The minimum atomic E-state index is -0.899. The normalized spacial score (nSPS) is 20.0. The molecular weight excluding hydrogens is 318 g/mol. The number of hydrogen-bond acceptors (Lipinski definition) is 5. The molecule has 1 aliphatic rings. The number of aliphatic hydroxyl groups is 1. The first kappa shape index (κ1) is 17.4. The molecule has 0 aliphatic carbocycles. The van der Waals surface area contributed by atoms with Crippen LogP contribution in [0.3, 0.4) is 0 Å². The van der Waals surface area contributed by atoms with Crippen LogP contribution in [0.1, 0.15) is 18.5 Å². The van der Waals surface area contributed by atoms with E-state index in [4.69, 9.17) is 0 Å². The number of pyridine rings is 1. The van der Waals surface area contributed by atoms with Crippen LogP contribution in [-0.2, 0) is 11.3 Å². The van der Waals surface area contributed by atoms with Gasteiger partial charge in [-0.15, -0.1) is 0 Å². The van der Waals surface area contributed by atoms with Crippen molar-refractivity contribution in [3.05, 3.63) is 42.4 Å². The second-order valence-electron chi connectivity index (χ2n) is 6.78. The van der Waals surface area contributed by atoms with E-state index < -0.39 is 5.60 Å². The molecule has 1 aliphatic heterocycles. The average molecular weight is 343 g/mol. The van der Waals surface area contributed by atoms with Crippen LogP contribution < -0.4 is 4.90 Å². The van der Waals surface area contributed by atoms with Crippen LogP contribution >= 0.6 is 0 Å². The summed E-state index contributed by atoms with van der Waals surface area (Å²) < 4.78 is 1.82. The van der Waals surface area contributed by atoms with Crippen LogP contribution in [0.25, 0.3) is 0 Å². The number of nitrogens with zero attached hydrogens (tertiary/aromatic N) is 5. The van der Waals surface area contributed by atoms with Crippen molar-refractivity contribution in [2.24, 2.45) is 0 Å². The number of likely N-dealkylation sites (N-methyl/N-ethyl adjacent to an activating group) is 1. The van der Waals surface area contributed by atoms with Crippen molar-refractivity contribution in [2.45, 2.75) is 31.9 Å². The molecule has 0 unspecified atom stereocenters. The Balaban J connectivity index is 1.52. The van der Waals surface area contributed by atoms with Crippen molar-refractivity contribution in [1.29, 1.82) is 0 Å². The molecule has 1 fully saturated rings. The molecule has 3 heterocycles. The van der Waals surface area contributed by atoms with Crippen LogP contribution in [0.15, 0.2) is 36.7 Å². The summed E-state index contributed by atoms with van der Waals surface area (Å²) in [6.07, 6.45) is 4.48. The van der Waals surface area contributed by atoms with Gasteiger partial charge in [0.1, 0.15) is 11.4 Å². The van der Waals surface area contributed by atoms with Gasteiger partial charge in [-0.25, -0.2) is 4.98 Å². The molecule has 1 atom stereocenters. The van der Waals surface area contributed by atoms with Gasteiger partial charge in [0.25, 0.3) is 0 Å². The number of hydrogen-bond donors (Lipinski definition) is 1. The maximum atomic E-state index is 12.4. The van der Waals surface area contributed by atoms with Crippen molar-refractivity contribution in [3.63, 3.8) is 0 Å². The molecule has 2 aromatic heterocycles. The Hall–Kier alpha value is -2.41. The highest BCUT2D eigenvalue weighted by Gasteiger charge is 2.38. The fourth-order valence-electron chi connectivity index (χ4n) is 3.28. The number of carbonyl (C=O) groups is 1. The van der Waals surface area contributed by atoms with Crippen molar-refractivity contribution in [1.82, 2.24) is 19.7 Å². The van der Waals surface area contributed by atoms with Gasteiger partial charge in [-0.2, -0.15) is 5.10 Å². The summed E-state index contributed by atoms with van der Waals surface area (Å²) >= 11 is 0. The van der Waals surface area contributed by atoms with Crippen LogP contribution in [0.4, 0.5) is 5.82 Å². The largest absolute Gasteiger partial charge is 0.386 e.